The van der Waals surface area contributed by atoms with Crippen LogP contribution in [0.25, 0.3) is 5.57 Å². The summed E-state index contributed by atoms with van der Waals surface area (Å²) in [7, 11) is 0. The van der Waals surface area contributed by atoms with Crippen LogP contribution >= 0.6 is 0 Å². The molecule has 0 bridgehead atoms. The van der Waals surface area contributed by atoms with E-state index in [2.05, 4.69) is 57.2 Å². The van der Waals surface area contributed by atoms with Crippen molar-refractivity contribution in [3.8, 4) is 5.75 Å². The highest BCUT2D eigenvalue weighted by atomic mass is 16.5. The minimum absolute atomic E-state index is 0.102. The maximum absolute atomic E-state index is 12.3. The lowest BCUT2D eigenvalue weighted by Gasteiger charge is -2.27. The van der Waals surface area contributed by atoms with Crippen LogP contribution < -0.4 is 4.74 Å². The number of benzene rings is 2. The van der Waals surface area contributed by atoms with Crippen molar-refractivity contribution in [1.82, 2.24) is 0 Å². The number of Topliss-reactive ketones (excluding diaryl/α,β-unsaturated/α-hetero) is 1. The Kier molecular flexibility index (Phi) is 8.51. The molecule has 0 fully saturated rings. The largest absolute Gasteiger partial charge is 0.488 e. The van der Waals surface area contributed by atoms with Crippen LogP contribution in [-0.2, 0) is 16.8 Å². The molecule has 0 amide bonds. The second kappa shape index (κ2) is 11.3. The van der Waals surface area contributed by atoms with Crippen molar-refractivity contribution in [3.05, 3.63) is 71.3 Å². The third-order valence-electron chi connectivity index (χ3n) is 6.44. The van der Waals surface area contributed by atoms with Gasteiger partial charge in [0.2, 0.25) is 0 Å². The summed E-state index contributed by atoms with van der Waals surface area (Å²) in [6.45, 7) is 7.47. The maximum atomic E-state index is 12.3. The molecule has 0 saturated carbocycles. The average molecular weight is 419 g/mol. The van der Waals surface area contributed by atoms with Crippen LogP contribution in [0.3, 0.4) is 0 Å². The smallest absolute Gasteiger partial charge is 0.137 e. The standard InChI is InChI=1S/C29H38O2/c1-4-5-6-12-19-29(2,3)25-17-18-27(24-15-10-11-16-26(30)20-24)28(21-25)31-22-23-13-8-7-9-14-23/h7-9,13-15,17-18,21H,4-6,10-12,16,19-20,22H2,1-3H3. The Morgan fingerprint density at radius 1 is 1.00 bits per heavy atom. The first-order valence-electron chi connectivity index (χ1n) is 12.0. The zero-order chi connectivity index (χ0) is 22.1. The number of hydrogen-bond acceptors (Lipinski definition) is 2. The minimum Gasteiger partial charge on any atom is -0.488 e. The molecule has 3 rings (SSSR count). The number of allylic oxidation sites excluding steroid dienone is 2. The van der Waals surface area contributed by atoms with Crippen molar-refractivity contribution in [1.29, 1.82) is 0 Å². The van der Waals surface area contributed by atoms with Gasteiger partial charge in [0.25, 0.3) is 0 Å². The summed E-state index contributed by atoms with van der Waals surface area (Å²) >= 11 is 0. The van der Waals surface area contributed by atoms with E-state index in [1.807, 2.05) is 18.2 Å². The second-order valence-corrected chi connectivity index (χ2v) is 9.52. The van der Waals surface area contributed by atoms with E-state index in [4.69, 9.17) is 4.74 Å². The quantitative estimate of drug-likeness (QED) is 0.365. The Balaban J connectivity index is 1.87. The lowest BCUT2D eigenvalue weighted by atomic mass is 9.79. The first-order valence-corrected chi connectivity index (χ1v) is 12.0. The molecule has 0 aromatic heterocycles. The number of carbonyl (C=O) groups excluding carboxylic acids is 1. The van der Waals surface area contributed by atoms with E-state index in [9.17, 15) is 4.79 Å². The lowest BCUT2D eigenvalue weighted by Crippen LogP contribution is -2.17. The third-order valence-corrected chi connectivity index (χ3v) is 6.44. The van der Waals surface area contributed by atoms with Crippen LogP contribution in [0, 0.1) is 0 Å². The van der Waals surface area contributed by atoms with Gasteiger partial charge in [-0.3, -0.25) is 4.79 Å². The van der Waals surface area contributed by atoms with Gasteiger partial charge in [0.05, 0.1) is 0 Å². The molecule has 2 aromatic carbocycles. The molecule has 0 unspecified atom stereocenters. The fraction of sp³-hybridized carbons (Fsp3) is 0.483. The van der Waals surface area contributed by atoms with Gasteiger partial charge in [-0.2, -0.15) is 0 Å². The normalized spacial score (nSPS) is 14.8. The number of carbonyl (C=O) groups is 1. The van der Waals surface area contributed by atoms with Gasteiger partial charge in [-0.1, -0.05) is 95.0 Å². The predicted molar refractivity (Wildman–Crippen MR) is 130 cm³/mol. The van der Waals surface area contributed by atoms with Crippen molar-refractivity contribution in [2.75, 3.05) is 0 Å². The molecule has 1 aliphatic carbocycles. The monoisotopic (exact) mass is 418 g/mol. The molecule has 0 spiro atoms. The second-order valence-electron chi connectivity index (χ2n) is 9.52. The fourth-order valence-corrected chi connectivity index (χ4v) is 4.36. The number of hydrogen-bond donors (Lipinski definition) is 0. The number of ether oxygens (including phenoxy) is 1. The van der Waals surface area contributed by atoms with Crippen LogP contribution in [0.4, 0.5) is 0 Å². The van der Waals surface area contributed by atoms with E-state index < -0.39 is 0 Å². The highest BCUT2D eigenvalue weighted by Gasteiger charge is 2.23. The topological polar surface area (TPSA) is 26.3 Å². The van der Waals surface area contributed by atoms with Gasteiger partial charge in [-0.15, -0.1) is 0 Å². The summed E-state index contributed by atoms with van der Waals surface area (Å²) in [5.74, 6) is 1.24. The molecule has 0 saturated heterocycles. The molecule has 166 valence electrons. The number of ketones is 1. The highest BCUT2D eigenvalue weighted by molar-refractivity contribution is 5.92. The van der Waals surface area contributed by atoms with E-state index >= 15 is 0 Å². The van der Waals surface area contributed by atoms with Gasteiger partial charge in [0.1, 0.15) is 18.1 Å². The Labute approximate surface area is 188 Å². The Morgan fingerprint density at radius 2 is 1.81 bits per heavy atom. The molecule has 0 N–H and O–H groups in total. The molecule has 2 aromatic rings. The van der Waals surface area contributed by atoms with Crippen LogP contribution in [0.15, 0.2) is 54.6 Å². The summed E-state index contributed by atoms with van der Waals surface area (Å²) < 4.78 is 6.38. The van der Waals surface area contributed by atoms with Gasteiger partial charge in [-0.25, -0.2) is 0 Å². The Morgan fingerprint density at radius 3 is 2.58 bits per heavy atom. The van der Waals surface area contributed by atoms with E-state index in [1.54, 1.807) is 0 Å². The van der Waals surface area contributed by atoms with Crippen molar-refractivity contribution < 1.29 is 9.53 Å². The molecule has 0 radical (unpaired) electrons. The van der Waals surface area contributed by atoms with Crippen molar-refractivity contribution in [2.24, 2.45) is 0 Å². The highest BCUT2D eigenvalue weighted by Crippen LogP contribution is 2.37. The molecule has 0 aliphatic heterocycles. The van der Waals surface area contributed by atoms with Gasteiger partial charge < -0.3 is 4.74 Å². The summed E-state index contributed by atoms with van der Waals surface area (Å²) in [6, 6.07) is 17.0. The zero-order valence-electron chi connectivity index (χ0n) is 19.6. The average Bonchev–Trinajstić information content (AvgIpc) is 3.00. The Bertz CT molecular complexity index is 877. The van der Waals surface area contributed by atoms with Crippen molar-refractivity contribution in [3.63, 3.8) is 0 Å². The lowest BCUT2D eigenvalue weighted by molar-refractivity contribution is -0.118. The molecule has 1 aliphatic rings. The fourth-order valence-electron chi connectivity index (χ4n) is 4.36. The first-order chi connectivity index (χ1) is 15.0. The first kappa shape index (κ1) is 23.3. The number of rotatable bonds is 10. The molecule has 31 heavy (non-hydrogen) atoms. The van der Waals surface area contributed by atoms with E-state index in [1.165, 1.54) is 37.7 Å². The van der Waals surface area contributed by atoms with Crippen molar-refractivity contribution in [2.45, 2.75) is 90.6 Å². The minimum atomic E-state index is 0.102. The SMILES string of the molecule is CCCCCCC(C)(C)c1ccc(C2=CCCCC(=O)C2)c(OCc2ccccc2)c1. The third kappa shape index (κ3) is 6.82. The molecule has 2 heteroatoms. The van der Waals surface area contributed by atoms with Gasteiger partial charge in [0.15, 0.2) is 0 Å². The summed E-state index contributed by atoms with van der Waals surface area (Å²) in [4.78, 5) is 12.3. The maximum Gasteiger partial charge on any atom is 0.137 e. The van der Waals surface area contributed by atoms with Gasteiger partial charge in [0, 0.05) is 18.4 Å². The van der Waals surface area contributed by atoms with Crippen LogP contribution in [0.1, 0.15) is 95.2 Å². The zero-order valence-corrected chi connectivity index (χ0v) is 19.6. The van der Waals surface area contributed by atoms with E-state index in [0.717, 1.165) is 35.3 Å². The van der Waals surface area contributed by atoms with Crippen LogP contribution in [0.5, 0.6) is 5.75 Å². The number of unbranched alkanes of at least 4 members (excludes halogenated alkanes) is 3. The molecule has 0 atom stereocenters. The molecule has 0 heterocycles. The van der Waals surface area contributed by atoms with Crippen LogP contribution in [-0.4, -0.2) is 5.78 Å². The molecular weight excluding hydrogens is 380 g/mol. The van der Waals surface area contributed by atoms with Crippen LogP contribution in [0.2, 0.25) is 0 Å². The predicted octanol–water partition coefficient (Wildman–Crippen LogP) is 8.04. The molecule has 2 nitrogen and oxygen atoms in total. The van der Waals surface area contributed by atoms with E-state index in [0.29, 0.717) is 25.2 Å². The summed E-state index contributed by atoms with van der Waals surface area (Å²) in [5, 5.41) is 0. The van der Waals surface area contributed by atoms with Crippen molar-refractivity contribution >= 4 is 11.4 Å². The Hall–Kier alpha value is -2.35. The van der Waals surface area contributed by atoms with Gasteiger partial charge >= 0.3 is 0 Å². The van der Waals surface area contributed by atoms with Gasteiger partial charge in [-0.05, 0) is 47.4 Å². The summed E-state index contributed by atoms with van der Waals surface area (Å²) in [5.41, 5.74) is 4.78. The van der Waals surface area contributed by atoms with E-state index in [-0.39, 0.29) is 5.41 Å². The molecular formula is C29H38O2. The summed E-state index contributed by atoms with van der Waals surface area (Å²) in [6.07, 6.45) is 11.6.